The van der Waals surface area contributed by atoms with Gasteiger partial charge in [-0.25, -0.2) is 0 Å². The zero-order valence-electron chi connectivity index (χ0n) is 11.5. The minimum atomic E-state index is 0.0665. The van der Waals surface area contributed by atoms with Gasteiger partial charge in [-0.05, 0) is 29.2 Å². The summed E-state index contributed by atoms with van der Waals surface area (Å²) >= 11 is 0. The van der Waals surface area contributed by atoms with E-state index in [2.05, 4.69) is 23.5 Å². The van der Waals surface area contributed by atoms with Gasteiger partial charge in [0.15, 0.2) is 0 Å². The molecule has 0 aliphatic carbocycles. The summed E-state index contributed by atoms with van der Waals surface area (Å²) in [6.07, 6.45) is 2.78. The lowest BCUT2D eigenvalue weighted by atomic mass is 10.0. The Balaban J connectivity index is 1.65. The standard InChI is InChI=1S/C17H19NO2/c19-17(18-12-15-8-4-10-20-15)11-14-7-3-6-13-5-1-2-9-16(13)14/h1-3,5-7,9,15H,4,8,10-12H2,(H,18,19). The van der Waals surface area contributed by atoms with Gasteiger partial charge in [-0.15, -0.1) is 0 Å². The lowest BCUT2D eigenvalue weighted by Crippen LogP contribution is -2.32. The Labute approximate surface area is 118 Å². The average Bonchev–Trinajstić information content (AvgIpc) is 2.99. The molecular formula is C17H19NO2. The first kappa shape index (κ1) is 13.1. The lowest BCUT2D eigenvalue weighted by molar-refractivity contribution is -0.120. The summed E-state index contributed by atoms with van der Waals surface area (Å²) in [5.41, 5.74) is 1.08. The molecule has 1 aliphatic rings. The average molecular weight is 269 g/mol. The van der Waals surface area contributed by atoms with E-state index >= 15 is 0 Å². The molecule has 20 heavy (non-hydrogen) atoms. The van der Waals surface area contributed by atoms with Crippen LogP contribution in [0.5, 0.6) is 0 Å². The molecule has 104 valence electrons. The monoisotopic (exact) mass is 269 g/mol. The second kappa shape index (κ2) is 6.06. The van der Waals surface area contributed by atoms with Crippen molar-refractivity contribution in [1.29, 1.82) is 0 Å². The largest absolute Gasteiger partial charge is 0.376 e. The van der Waals surface area contributed by atoms with Crippen molar-refractivity contribution >= 4 is 16.7 Å². The summed E-state index contributed by atoms with van der Waals surface area (Å²) in [4.78, 5) is 12.0. The van der Waals surface area contributed by atoms with Crippen molar-refractivity contribution < 1.29 is 9.53 Å². The van der Waals surface area contributed by atoms with Crippen LogP contribution in [0.15, 0.2) is 42.5 Å². The number of hydrogen-bond acceptors (Lipinski definition) is 2. The molecule has 1 fully saturated rings. The second-order valence-electron chi connectivity index (χ2n) is 5.25. The predicted octanol–water partition coefficient (Wildman–Crippen LogP) is 2.68. The minimum absolute atomic E-state index is 0.0665. The summed E-state index contributed by atoms with van der Waals surface area (Å²) in [6.45, 7) is 1.45. The minimum Gasteiger partial charge on any atom is -0.376 e. The zero-order valence-corrected chi connectivity index (χ0v) is 11.5. The molecular weight excluding hydrogens is 250 g/mol. The van der Waals surface area contributed by atoms with E-state index in [-0.39, 0.29) is 12.0 Å². The molecule has 0 spiro atoms. The third kappa shape index (κ3) is 2.99. The number of carbonyl (C=O) groups excluding carboxylic acids is 1. The van der Waals surface area contributed by atoms with Gasteiger partial charge in [0.2, 0.25) is 5.91 Å². The smallest absolute Gasteiger partial charge is 0.224 e. The van der Waals surface area contributed by atoms with Crippen LogP contribution in [0.2, 0.25) is 0 Å². The van der Waals surface area contributed by atoms with Gasteiger partial charge in [0.1, 0.15) is 0 Å². The van der Waals surface area contributed by atoms with Gasteiger partial charge in [-0.2, -0.15) is 0 Å². The maximum atomic E-state index is 12.0. The SMILES string of the molecule is O=C(Cc1cccc2ccccc12)NCC1CCCO1. The fraction of sp³-hybridized carbons (Fsp3) is 0.353. The number of benzene rings is 2. The Morgan fingerprint density at radius 2 is 2.05 bits per heavy atom. The van der Waals surface area contributed by atoms with E-state index in [1.165, 1.54) is 5.39 Å². The molecule has 0 saturated carbocycles. The van der Waals surface area contributed by atoms with E-state index in [0.717, 1.165) is 30.4 Å². The highest BCUT2D eigenvalue weighted by Crippen LogP contribution is 2.19. The van der Waals surface area contributed by atoms with Crippen molar-refractivity contribution in [1.82, 2.24) is 5.32 Å². The van der Waals surface area contributed by atoms with Crippen molar-refractivity contribution in [3.05, 3.63) is 48.0 Å². The molecule has 0 radical (unpaired) electrons. The topological polar surface area (TPSA) is 38.3 Å². The van der Waals surface area contributed by atoms with Crippen LogP contribution >= 0.6 is 0 Å². The number of hydrogen-bond donors (Lipinski definition) is 1. The maximum absolute atomic E-state index is 12.0. The first-order chi connectivity index (χ1) is 9.83. The third-order valence-corrected chi connectivity index (χ3v) is 3.78. The highest BCUT2D eigenvalue weighted by atomic mass is 16.5. The first-order valence-corrected chi connectivity index (χ1v) is 7.18. The van der Waals surface area contributed by atoms with Gasteiger partial charge in [0.05, 0.1) is 12.5 Å². The molecule has 1 atom stereocenters. The number of rotatable bonds is 4. The molecule has 3 nitrogen and oxygen atoms in total. The molecule has 1 amide bonds. The van der Waals surface area contributed by atoms with Crippen molar-refractivity contribution in [3.63, 3.8) is 0 Å². The quantitative estimate of drug-likeness (QED) is 0.926. The van der Waals surface area contributed by atoms with Gasteiger partial charge in [-0.3, -0.25) is 4.79 Å². The molecule has 1 aliphatic heterocycles. The Hall–Kier alpha value is -1.87. The van der Waals surface area contributed by atoms with E-state index in [4.69, 9.17) is 4.74 Å². The summed E-state index contributed by atoms with van der Waals surface area (Å²) in [6, 6.07) is 14.3. The number of amides is 1. The van der Waals surface area contributed by atoms with Crippen LogP contribution in [0.25, 0.3) is 10.8 Å². The fourth-order valence-corrected chi connectivity index (χ4v) is 2.72. The fourth-order valence-electron chi connectivity index (χ4n) is 2.72. The molecule has 2 aromatic rings. The van der Waals surface area contributed by atoms with Gasteiger partial charge < -0.3 is 10.1 Å². The summed E-state index contributed by atoms with van der Waals surface area (Å²) in [5, 5.41) is 5.31. The first-order valence-electron chi connectivity index (χ1n) is 7.18. The van der Waals surface area contributed by atoms with Gasteiger partial charge in [0, 0.05) is 13.2 Å². The van der Waals surface area contributed by atoms with Crippen LogP contribution in [-0.4, -0.2) is 25.2 Å². The van der Waals surface area contributed by atoms with Crippen LogP contribution < -0.4 is 5.32 Å². The predicted molar refractivity (Wildman–Crippen MR) is 79.6 cm³/mol. The van der Waals surface area contributed by atoms with Crippen molar-refractivity contribution in [2.75, 3.05) is 13.2 Å². The summed E-state index contributed by atoms with van der Waals surface area (Å²) in [7, 11) is 0. The number of ether oxygens (including phenoxy) is 1. The summed E-state index contributed by atoms with van der Waals surface area (Å²) < 4.78 is 5.51. The van der Waals surface area contributed by atoms with E-state index in [1.807, 2.05) is 24.3 Å². The summed E-state index contributed by atoms with van der Waals surface area (Å²) in [5.74, 6) is 0.0665. The Bertz CT molecular complexity index is 597. The van der Waals surface area contributed by atoms with Crippen LogP contribution in [0.3, 0.4) is 0 Å². The Morgan fingerprint density at radius 1 is 1.20 bits per heavy atom. The van der Waals surface area contributed by atoms with Gasteiger partial charge >= 0.3 is 0 Å². The van der Waals surface area contributed by atoms with Crippen molar-refractivity contribution in [3.8, 4) is 0 Å². The van der Waals surface area contributed by atoms with Crippen LogP contribution in [0.1, 0.15) is 18.4 Å². The van der Waals surface area contributed by atoms with E-state index in [0.29, 0.717) is 13.0 Å². The van der Waals surface area contributed by atoms with E-state index < -0.39 is 0 Å². The second-order valence-corrected chi connectivity index (χ2v) is 5.25. The number of fused-ring (bicyclic) bond motifs is 1. The Kier molecular flexibility index (Phi) is 3.97. The van der Waals surface area contributed by atoms with E-state index in [1.54, 1.807) is 0 Å². The highest BCUT2D eigenvalue weighted by molar-refractivity contribution is 5.90. The van der Waals surface area contributed by atoms with E-state index in [9.17, 15) is 4.79 Å². The van der Waals surface area contributed by atoms with Gasteiger partial charge in [-0.1, -0.05) is 42.5 Å². The van der Waals surface area contributed by atoms with Crippen LogP contribution in [0, 0.1) is 0 Å². The maximum Gasteiger partial charge on any atom is 0.224 e. The molecule has 1 N–H and O–H groups in total. The van der Waals surface area contributed by atoms with Crippen LogP contribution in [0.4, 0.5) is 0 Å². The molecule has 1 unspecified atom stereocenters. The number of carbonyl (C=O) groups is 1. The molecule has 1 heterocycles. The van der Waals surface area contributed by atoms with Gasteiger partial charge in [0.25, 0.3) is 0 Å². The molecule has 0 aromatic heterocycles. The normalized spacial score (nSPS) is 18.3. The van der Waals surface area contributed by atoms with Crippen LogP contribution in [-0.2, 0) is 16.0 Å². The van der Waals surface area contributed by atoms with Crippen molar-refractivity contribution in [2.45, 2.75) is 25.4 Å². The Morgan fingerprint density at radius 3 is 2.90 bits per heavy atom. The molecule has 1 saturated heterocycles. The third-order valence-electron chi connectivity index (χ3n) is 3.78. The molecule has 3 rings (SSSR count). The molecule has 0 bridgehead atoms. The molecule has 3 heteroatoms. The van der Waals surface area contributed by atoms with Crippen molar-refractivity contribution in [2.24, 2.45) is 0 Å². The molecule has 2 aromatic carbocycles. The number of nitrogens with one attached hydrogen (secondary N) is 1. The zero-order chi connectivity index (χ0) is 13.8. The highest BCUT2D eigenvalue weighted by Gasteiger charge is 2.16. The lowest BCUT2D eigenvalue weighted by Gasteiger charge is -2.11.